The summed E-state index contributed by atoms with van der Waals surface area (Å²) in [5.74, 6) is 0. The van der Waals surface area contributed by atoms with E-state index < -0.39 is 0 Å². The van der Waals surface area contributed by atoms with E-state index in [1.54, 1.807) is 16.9 Å². The number of aromatic nitrogens is 4. The molecule has 3 heterocycles. The highest BCUT2D eigenvalue weighted by atomic mass is 35.5. The third kappa shape index (κ3) is 2.23. The van der Waals surface area contributed by atoms with Gasteiger partial charge in [-0.1, -0.05) is 23.7 Å². The van der Waals surface area contributed by atoms with Gasteiger partial charge in [-0.15, -0.1) is 0 Å². The number of fused-ring (bicyclic) bond motifs is 1. The molecule has 4 rings (SSSR count). The number of benzene rings is 1. The minimum absolute atomic E-state index is 0.688. The molecule has 0 fully saturated rings. The maximum absolute atomic E-state index is 6.10. The van der Waals surface area contributed by atoms with Gasteiger partial charge in [-0.3, -0.25) is 4.98 Å². The van der Waals surface area contributed by atoms with Gasteiger partial charge in [-0.25, -0.2) is 9.50 Å². The molecule has 0 saturated heterocycles. The van der Waals surface area contributed by atoms with Crippen molar-refractivity contribution in [2.45, 2.75) is 0 Å². The number of nitrogens with zero attached hydrogens (tertiary/aromatic N) is 4. The van der Waals surface area contributed by atoms with Gasteiger partial charge < -0.3 is 0 Å². The van der Waals surface area contributed by atoms with Crippen LogP contribution in [0.2, 0.25) is 5.02 Å². The van der Waals surface area contributed by atoms with Crippen LogP contribution in [-0.4, -0.2) is 19.6 Å². The Morgan fingerprint density at radius 2 is 1.91 bits per heavy atom. The summed E-state index contributed by atoms with van der Waals surface area (Å²) in [5, 5.41) is 4.86. The van der Waals surface area contributed by atoms with E-state index in [1.165, 1.54) is 0 Å². The molecule has 0 saturated carbocycles. The molecule has 0 spiro atoms. The van der Waals surface area contributed by atoms with E-state index in [4.69, 9.17) is 11.6 Å². The van der Waals surface area contributed by atoms with Crippen molar-refractivity contribution in [3.63, 3.8) is 0 Å². The lowest BCUT2D eigenvalue weighted by Crippen LogP contribution is -1.94. The van der Waals surface area contributed by atoms with Gasteiger partial charge in [0, 0.05) is 34.6 Å². The summed E-state index contributed by atoms with van der Waals surface area (Å²) in [6, 6.07) is 15.4. The summed E-state index contributed by atoms with van der Waals surface area (Å²) < 4.78 is 1.74. The van der Waals surface area contributed by atoms with E-state index in [0.717, 1.165) is 28.2 Å². The maximum atomic E-state index is 6.10. The summed E-state index contributed by atoms with van der Waals surface area (Å²) in [4.78, 5) is 9.15. The zero-order valence-corrected chi connectivity index (χ0v) is 12.3. The first kappa shape index (κ1) is 13.0. The Hall–Kier alpha value is -2.72. The first-order valence-electron chi connectivity index (χ1n) is 6.83. The van der Waals surface area contributed by atoms with Crippen LogP contribution in [0.5, 0.6) is 0 Å². The Bertz CT molecular complexity index is 961. The molecule has 0 bridgehead atoms. The molecule has 4 nitrogen and oxygen atoms in total. The lowest BCUT2D eigenvalue weighted by atomic mass is 10.0. The second kappa shape index (κ2) is 5.24. The predicted molar refractivity (Wildman–Crippen MR) is 86.7 cm³/mol. The van der Waals surface area contributed by atoms with Crippen LogP contribution in [0.4, 0.5) is 0 Å². The van der Waals surface area contributed by atoms with E-state index in [-0.39, 0.29) is 0 Å². The SMILES string of the molecule is Clc1cccc(-c2ncccc2-c2ccn3nccc3n2)c1. The molecule has 0 atom stereocenters. The van der Waals surface area contributed by atoms with Crippen molar-refractivity contribution in [1.82, 2.24) is 19.6 Å². The van der Waals surface area contributed by atoms with Gasteiger partial charge in [-0.2, -0.15) is 5.10 Å². The Morgan fingerprint density at radius 3 is 2.82 bits per heavy atom. The fraction of sp³-hybridized carbons (Fsp3) is 0. The average molecular weight is 307 g/mol. The summed E-state index contributed by atoms with van der Waals surface area (Å²) in [7, 11) is 0. The molecule has 0 N–H and O–H groups in total. The molecular weight excluding hydrogens is 296 g/mol. The minimum atomic E-state index is 0.688. The second-order valence-corrected chi connectivity index (χ2v) is 5.29. The van der Waals surface area contributed by atoms with E-state index in [0.29, 0.717) is 5.02 Å². The molecular formula is C17H11ClN4. The molecule has 0 aliphatic carbocycles. The zero-order chi connectivity index (χ0) is 14.9. The van der Waals surface area contributed by atoms with E-state index in [1.807, 2.05) is 54.7 Å². The molecule has 5 heteroatoms. The molecule has 1 aromatic carbocycles. The standard InChI is InChI=1S/C17H11ClN4/c18-13-4-1-3-12(11-13)17-14(5-2-8-19-17)15-7-10-22-16(21-15)6-9-20-22/h1-11H. The van der Waals surface area contributed by atoms with Crippen LogP contribution < -0.4 is 0 Å². The topological polar surface area (TPSA) is 43.1 Å². The van der Waals surface area contributed by atoms with Crippen LogP contribution in [0.3, 0.4) is 0 Å². The van der Waals surface area contributed by atoms with Crippen LogP contribution in [-0.2, 0) is 0 Å². The summed E-state index contributed by atoms with van der Waals surface area (Å²) in [5.41, 5.74) is 4.46. The van der Waals surface area contributed by atoms with Gasteiger partial charge in [0.1, 0.15) is 0 Å². The van der Waals surface area contributed by atoms with Gasteiger partial charge >= 0.3 is 0 Å². The van der Waals surface area contributed by atoms with E-state index >= 15 is 0 Å². The number of halogens is 1. The summed E-state index contributed by atoms with van der Waals surface area (Å²) in [6.45, 7) is 0. The Labute approximate surface area is 132 Å². The summed E-state index contributed by atoms with van der Waals surface area (Å²) in [6.07, 6.45) is 5.40. The predicted octanol–water partition coefficient (Wildman–Crippen LogP) is 4.11. The Kier molecular flexibility index (Phi) is 3.09. The number of hydrogen-bond donors (Lipinski definition) is 0. The van der Waals surface area contributed by atoms with Crippen LogP contribution >= 0.6 is 11.6 Å². The molecule has 4 aromatic rings. The summed E-state index contributed by atoms with van der Waals surface area (Å²) >= 11 is 6.10. The largest absolute Gasteiger partial charge is 0.256 e. The lowest BCUT2D eigenvalue weighted by Gasteiger charge is -2.08. The number of hydrogen-bond acceptors (Lipinski definition) is 3. The van der Waals surface area contributed by atoms with E-state index in [9.17, 15) is 0 Å². The normalized spacial score (nSPS) is 11.0. The highest BCUT2D eigenvalue weighted by Gasteiger charge is 2.10. The minimum Gasteiger partial charge on any atom is -0.256 e. The zero-order valence-electron chi connectivity index (χ0n) is 11.5. The fourth-order valence-corrected chi connectivity index (χ4v) is 2.63. The molecule has 22 heavy (non-hydrogen) atoms. The first-order valence-corrected chi connectivity index (χ1v) is 7.21. The van der Waals surface area contributed by atoms with Crippen molar-refractivity contribution >= 4 is 17.2 Å². The van der Waals surface area contributed by atoms with Gasteiger partial charge in [-0.05, 0) is 30.3 Å². The van der Waals surface area contributed by atoms with Gasteiger partial charge in [0.05, 0.1) is 17.6 Å². The van der Waals surface area contributed by atoms with Crippen LogP contribution in [0, 0.1) is 0 Å². The van der Waals surface area contributed by atoms with Gasteiger partial charge in [0.25, 0.3) is 0 Å². The quantitative estimate of drug-likeness (QED) is 0.559. The highest BCUT2D eigenvalue weighted by Crippen LogP contribution is 2.30. The van der Waals surface area contributed by atoms with Crippen molar-refractivity contribution < 1.29 is 0 Å². The van der Waals surface area contributed by atoms with Crippen molar-refractivity contribution in [1.29, 1.82) is 0 Å². The van der Waals surface area contributed by atoms with Crippen molar-refractivity contribution in [3.8, 4) is 22.5 Å². The molecule has 0 aliphatic rings. The monoisotopic (exact) mass is 306 g/mol. The maximum Gasteiger partial charge on any atom is 0.155 e. The Balaban J connectivity index is 1.92. The molecule has 3 aromatic heterocycles. The molecule has 0 aliphatic heterocycles. The number of rotatable bonds is 2. The van der Waals surface area contributed by atoms with Crippen molar-refractivity contribution in [2.75, 3.05) is 0 Å². The highest BCUT2D eigenvalue weighted by molar-refractivity contribution is 6.30. The molecule has 0 amide bonds. The average Bonchev–Trinajstić information content (AvgIpc) is 3.02. The third-order valence-corrected chi connectivity index (χ3v) is 3.67. The number of pyridine rings is 1. The van der Waals surface area contributed by atoms with Crippen molar-refractivity contribution in [2.24, 2.45) is 0 Å². The first-order chi connectivity index (χ1) is 10.8. The lowest BCUT2D eigenvalue weighted by molar-refractivity contribution is 0.941. The van der Waals surface area contributed by atoms with Crippen LogP contribution in [0.15, 0.2) is 67.1 Å². The van der Waals surface area contributed by atoms with Gasteiger partial charge in [0.15, 0.2) is 5.65 Å². The molecule has 0 radical (unpaired) electrons. The van der Waals surface area contributed by atoms with Crippen LogP contribution in [0.1, 0.15) is 0 Å². The smallest absolute Gasteiger partial charge is 0.155 e. The third-order valence-electron chi connectivity index (χ3n) is 3.44. The Morgan fingerprint density at radius 1 is 0.955 bits per heavy atom. The van der Waals surface area contributed by atoms with Crippen molar-refractivity contribution in [3.05, 3.63) is 72.1 Å². The molecule has 0 unspecified atom stereocenters. The van der Waals surface area contributed by atoms with Crippen LogP contribution in [0.25, 0.3) is 28.2 Å². The van der Waals surface area contributed by atoms with E-state index in [2.05, 4.69) is 15.1 Å². The fourth-order valence-electron chi connectivity index (χ4n) is 2.44. The van der Waals surface area contributed by atoms with Gasteiger partial charge in [0.2, 0.25) is 0 Å². The molecule has 106 valence electrons. The second-order valence-electron chi connectivity index (χ2n) is 4.86.